The van der Waals surface area contributed by atoms with Crippen LogP contribution in [0.2, 0.25) is 0 Å². The third-order valence-electron chi connectivity index (χ3n) is 3.78. The van der Waals surface area contributed by atoms with Gasteiger partial charge >= 0.3 is 0 Å². The van der Waals surface area contributed by atoms with E-state index < -0.39 is 0 Å². The zero-order chi connectivity index (χ0) is 15.9. The quantitative estimate of drug-likeness (QED) is 0.913. The van der Waals surface area contributed by atoms with Gasteiger partial charge < -0.3 is 15.0 Å². The maximum absolute atomic E-state index is 12.4. The zero-order valence-corrected chi connectivity index (χ0v) is 12.9. The molecule has 120 valence electrons. The lowest BCUT2D eigenvalue weighted by Gasteiger charge is -2.33. The van der Waals surface area contributed by atoms with Crippen molar-refractivity contribution in [2.75, 3.05) is 31.6 Å². The van der Waals surface area contributed by atoms with Crippen molar-refractivity contribution in [1.29, 1.82) is 0 Å². The Labute approximate surface area is 135 Å². The van der Waals surface area contributed by atoms with E-state index in [4.69, 9.17) is 4.74 Å². The summed E-state index contributed by atoms with van der Waals surface area (Å²) in [5.41, 5.74) is 1.11. The molecule has 2 heterocycles. The second kappa shape index (κ2) is 7.69. The minimum absolute atomic E-state index is 0.0423. The molecule has 1 saturated heterocycles. The van der Waals surface area contributed by atoms with Crippen LogP contribution in [0.5, 0.6) is 0 Å². The van der Waals surface area contributed by atoms with Crippen LogP contribution in [0.15, 0.2) is 48.8 Å². The highest BCUT2D eigenvalue weighted by Gasteiger charge is 2.24. The summed E-state index contributed by atoms with van der Waals surface area (Å²) in [7, 11) is 0. The van der Waals surface area contributed by atoms with Crippen molar-refractivity contribution >= 4 is 11.9 Å². The van der Waals surface area contributed by atoms with Gasteiger partial charge in [-0.1, -0.05) is 30.3 Å². The molecule has 1 amide bonds. The van der Waals surface area contributed by atoms with Gasteiger partial charge in [-0.25, -0.2) is 9.97 Å². The Balaban J connectivity index is 1.49. The molecule has 1 atom stereocenters. The Morgan fingerprint density at radius 1 is 1.22 bits per heavy atom. The summed E-state index contributed by atoms with van der Waals surface area (Å²) in [6.07, 6.45) is 3.71. The summed E-state index contributed by atoms with van der Waals surface area (Å²) in [6.45, 7) is 2.34. The predicted octanol–water partition coefficient (Wildman–Crippen LogP) is 1.88. The van der Waals surface area contributed by atoms with Crippen molar-refractivity contribution in [1.82, 2.24) is 14.9 Å². The first-order valence-electron chi connectivity index (χ1n) is 7.78. The van der Waals surface area contributed by atoms with Gasteiger partial charge in [-0.15, -0.1) is 0 Å². The number of morpholine rings is 1. The van der Waals surface area contributed by atoms with E-state index >= 15 is 0 Å². The number of carbonyl (C=O) groups is 1. The third kappa shape index (κ3) is 4.26. The molecule has 1 N–H and O–H groups in total. The van der Waals surface area contributed by atoms with Gasteiger partial charge in [0.2, 0.25) is 11.9 Å². The second-order valence-electron chi connectivity index (χ2n) is 5.36. The zero-order valence-electron chi connectivity index (χ0n) is 12.9. The molecule has 1 aromatic carbocycles. The fraction of sp³-hybridized carbons (Fsp3) is 0.353. The Morgan fingerprint density at radius 3 is 2.78 bits per heavy atom. The lowest BCUT2D eigenvalue weighted by Crippen LogP contribution is -2.42. The van der Waals surface area contributed by atoms with E-state index in [2.05, 4.69) is 15.3 Å². The van der Waals surface area contributed by atoms with Crippen LogP contribution >= 0.6 is 0 Å². The molecule has 0 spiro atoms. The SMILES string of the molecule is O=C(CCNc1ncccn1)N1CCOC(c2ccccc2)C1. The van der Waals surface area contributed by atoms with Crippen LogP contribution in [-0.4, -0.2) is 47.0 Å². The monoisotopic (exact) mass is 312 g/mol. The fourth-order valence-electron chi connectivity index (χ4n) is 2.57. The summed E-state index contributed by atoms with van der Waals surface area (Å²) >= 11 is 0. The van der Waals surface area contributed by atoms with E-state index in [1.807, 2.05) is 35.2 Å². The van der Waals surface area contributed by atoms with Crippen molar-refractivity contribution in [2.24, 2.45) is 0 Å². The van der Waals surface area contributed by atoms with Gasteiger partial charge in [-0.2, -0.15) is 0 Å². The molecule has 3 rings (SSSR count). The molecule has 6 heteroatoms. The second-order valence-corrected chi connectivity index (χ2v) is 5.36. The lowest BCUT2D eigenvalue weighted by atomic mass is 10.1. The minimum Gasteiger partial charge on any atom is -0.370 e. The number of rotatable bonds is 5. The van der Waals surface area contributed by atoms with E-state index in [-0.39, 0.29) is 12.0 Å². The standard InChI is InChI=1S/C17H20N4O2/c22-16(7-10-20-17-18-8-4-9-19-17)21-11-12-23-15(13-21)14-5-2-1-3-6-14/h1-6,8-9,15H,7,10-13H2,(H,18,19,20). The molecule has 0 saturated carbocycles. The van der Waals surface area contributed by atoms with Crippen molar-refractivity contribution in [3.8, 4) is 0 Å². The van der Waals surface area contributed by atoms with Gasteiger partial charge in [0.1, 0.15) is 6.10 Å². The lowest BCUT2D eigenvalue weighted by molar-refractivity contribution is -0.138. The first-order chi connectivity index (χ1) is 11.3. The average Bonchev–Trinajstić information content (AvgIpc) is 2.63. The third-order valence-corrected chi connectivity index (χ3v) is 3.78. The summed E-state index contributed by atoms with van der Waals surface area (Å²) in [5.74, 6) is 0.669. The number of carbonyl (C=O) groups excluding carboxylic acids is 1. The molecule has 2 aromatic rings. The van der Waals surface area contributed by atoms with E-state index in [0.29, 0.717) is 38.6 Å². The number of amides is 1. The summed E-state index contributed by atoms with van der Waals surface area (Å²) < 4.78 is 5.79. The van der Waals surface area contributed by atoms with Crippen molar-refractivity contribution in [3.05, 3.63) is 54.4 Å². The van der Waals surface area contributed by atoms with Gasteiger partial charge in [0.15, 0.2) is 0 Å². The van der Waals surface area contributed by atoms with E-state index in [0.717, 1.165) is 5.56 Å². The van der Waals surface area contributed by atoms with Crippen LogP contribution in [0.3, 0.4) is 0 Å². The summed E-state index contributed by atoms with van der Waals surface area (Å²) in [4.78, 5) is 22.4. The highest BCUT2D eigenvalue weighted by Crippen LogP contribution is 2.22. The molecule has 0 bridgehead atoms. The number of nitrogens with zero attached hydrogens (tertiary/aromatic N) is 3. The maximum atomic E-state index is 12.4. The molecule has 1 aliphatic heterocycles. The molecule has 23 heavy (non-hydrogen) atoms. The molecule has 1 fully saturated rings. The Kier molecular flexibility index (Phi) is 5.16. The van der Waals surface area contributed by atoms with Gasteiger partial charge in [0.05, 0.1) is 13.2 Å². The van der Waals surface area contributed by atoms with Crippen molar-refractivity contribution < 1.29 is 9.53 Å². The van der Waals surface area contributed by atoms with Crippen LogP contribution in [0.1, 0.15) is 18.1 Å². The number of nitrogens with one attached hydrogen (secondary N) is 1. The fourth-order valence-corrected chi connectivity index (χ4v) is 2.57. The van der Waals surface area contributed by atoms with Crippen LogP contribution in [0.4, 0.5) is 5.95 Å². The summed E-state index contributed by atoms with van der Waals surface area (Å²) in [6, 6.07) is 11.8. The van der Waals surface area contributed by atoms with Crippen molar-refractivity contribution in [3.63, 3.8) is 0 Å². The smallest absolute Gasteiger partial charge is 0.224 e. The highest BCUT2D eigenvalue weighted by atomic mass is 16.5. The number of hydrogen-bond donors (Lipinski definition) is 1. The van der Waals surface area contributed by atoms with Gasteiger partial charge in [0.25, 0.3) is 0 Å². The molecular weight excluding hydrogens is 292 g/mol. The van der Waals surface area contributed by atoms with Gasteiger partial charge in [-0.05, 0) is 11.6 Å². The normalized spacial score (nSPS) is 17.7. The van der Waals surface area contributed by atoms with Crippen LogP contribution < -0.4 is 5.32 Å². The number of hydrogen-bond acceptors (Lipinski definition) is 5. The molecule has 1 aromatic heterocycles. The van der Waals surface area contributed by atoms with Crippen LogP contribution in [0.25, 0.3) is 0 Å². The molecule has 6 nitrogen and oxygen atoms in total. The highest BCUT2D eigenvalue weighted by molar-refractivity contribution is 5.76. The molecule has 1 unspecified atom stereocenters. The average molecular weight is 312 g/mol. The van der Waals surface area contributed by atoms with E-state index in [1.165, 1.54) is 0 Å². The Hall–Kier alpha value is -2.47. The topological polar surface area (TPSA) is 67.4 Å². The Morgan fingerprint density at radius 2 is 2.00 bits per heavy atom. The largest absolute Gasteiger partial charge is 0.370 e. The first kappa shape index (κ1) is 15.4. The summed E-state index contributed by atoms with van der Waals surface area (Å²) in [5, 5.41) is 3.06. The molecule has 1 aliphatic rings. The van der Waals surface area contributed by atoms with Crippen molar-refractivity contribution in [2.45, 2.75) is 12.5 Å². The number of aromatic nitrogens is 2. The van der Waals surface area contributed by atoms with Crippen LogP contribution in [0, 0.1) is 0 Å². The van der Waals surface area contributed by atoms with Gasteiger partial charge in [-0.3, -0.25) is 4.79 Å². The number of anilines is 1. The van der Waals surface area contributed by atoms with E-state index in [1.54, 1.807) is 18.5 Å². The minimum atomic E-state index is -0.0423. The number of ether oxygens (including phenoxy) is 1. The molecule has 0 aliphatic carbocycles. The van der Waals surface area contributed by atoms with Gasteiger partial charge in [0, 0.05) is 31.9 Å². The maximum Gasteiger partial charge on any atom is 0.224 e. The van der Waals surface area contributed by atoms with E-state index in [9.17, 15) is 4.79 Å². The molecule has 0 radical (unpaired) electrons. The number of benzene rings is 1. The molecular formula is C17H20N4O2. The van der Waals surface area contributed by atoms with Crippen LogP contribution in [-0.2, 0) is 9.53 Å². The predicted molar refractivity (Wildman–Crippen MR) is 86.9 cm³/mol. The first-order valence-corrected chi connectivity index (χ1v) is 7.78. The Bertz CT molecular complexity index is 621.